The summed E-state index contributed by atoms with van der Waals surface area (Å²) in [5.74, 6) is 0.0350. The lowest BCUT2D eigenvalue weighted by Gasteiger charge is -2.32. The van der Waals surface area contributed by atoms with Gasteiger partial charge in [0, 0.05) is 30.2 Å². The molecule has 7 nitrogen and oxygen atoms in total. The Balaban J connectivity index is 1.54. The molecule has 8 heteroatoms. The molecule has 0 radical (unpaired) electrons. The molecule has 2 amide bonds. The van der Waals surface area contributed by atoms with E-state index in [4.69, 9.17) is 9.47 Å². The Morgan fingerprint density at radius 1 is 1.20 bits per heavy atom. The highest BCUT2D eigenvalue weighted by atomic mass is 32.1. The lowest BCUT2D eigenvalue weighted by molar-refractivity contribution is -0.127. The molecule has 0 aliphatic carbocycles. The fraction of sp³-hybridized carbons (Fsp3) is 0.370. The molecule has 1 aliphatic rings. The zero-order valence-electron chi connectivity index (χ0n) is 20.8. The molecule has 1 aromatic heterocycles. The summed E-state index contributed by atoms with van der Waals surface area (Å²) in [6.07, 6.45) is 0.0703. The maximum atomic E-state index is 13.0. The van der Waals surface area contributed by atoms with E-state index in [1.54, 1.807) is 25.4 Å². The SMILES string of the molecule is COCCc1nc(-c2ccc3c(c2)N(CC(=O)Nc2ccc(C(C)(C)C)cc2)C(=O)C(C)O3)cs1. The van der Waals surface area contributed by atoms with Crippen molar-refractivity contribution < 1.29 is 19.1 Å². The van der Waals surface area contributed by atoms with E-state index in [1.807, 2.05) is 47.8 Å². The summed E-state index contributed by atoms with van der Waals surface area (Å²) in [5, 5.41) is 5.87. The molecule has 35 heavy (non-hydrogen) atoms. The summed E-state index contributed by atoms with van der Waals surface area (Å²) >= 11 is 1.57. The summed E-state index contributed by atoms with van der Waals surface area (Å²) in [4.78, 5) is 32.1. The maximum Gasteiger partial charge on any atom is 0.268 e. The van der Waals surface area contributed by atoms with Gasteiger partial charge in [0.2, 0.25) is 5.91 Å². The fourth-order valence-electron chi connectivity index (χ4n) is 3.87. The lowest BCUT2D eigenvalue weighted by atomic mass is 9.87. The van der Waals surface area contributed by atoms with Gasteiger partial charge in [-0.3, -0.25) is 14.5 Å². The highest BCUT2D eigenvalue weighted by Crippen LogP contribution is 2.38. The second-order valence-electron chi connectivity index (χ2n) is 9.61. The molecular formula is C27H31N3O4S. The van der Waals surface area contributed by atoms with Gasteiger partial charge in [-0.25, -0.2) is 4.98 Å². The smallest absolute Gasteiger partial charge is 0.268 e. The second kappa shape index (κ2) is 10.2. The van der Waals surface area contributed by atoms with Crippen LogP contribution in [0.2, 0.25) is 0 Å². The number of benzene rings is 2. The maximum absolute atomic E-state index is 13.0. The minimum atomic E-state index is -0.674. The van der Waals surface area contributed by atoms with Gasteiger partial charge in [-0.05, 0) is 48.2 Å². The molecule has 1 atom stereocenters. The van der Waals surface area contributed by atoms with Crippen LogP contribution in [0.15, 0.2) is 47.8 Å². The zero-order valence-corrected chi connectivity index (χ0v) is 21.6. The van der Waals surface area contributed by atoms with Gasteiger partial charge in [0.05, 0.1) is 23.0 Å². The lowest BCUT2D eigenvalue weighted by Crippen LogP contribution is -2.47. The van der Waals surface area contributed by atoms with Crippen LogP contribution < -0.4 is 15.0 Å². The van der Waals surface area contributed by atoms with E-state index < -0.39 is 6.10 Å². The third-order valence-corrected chi connectivity index (χ3v) is 6.78. The Bertz CT molecular complexity index is 1210. The van der Waals surface area contributed by atoms with Crippen molar-refractivity contribution in [3.63, 3.8) is 0 Å². The first kappa shape index (κ1) is 24.9. The van der Waals surface area contributed by atoms with Crippen molar-refractivity contribution in [1.82, 2.24) is 4.98 Å². The minimum absolute atomic E-state index is 0.0299. The molecule has 0 fully saturated rings. The van der Waals surface area contributed by atoms with E-state index in [0.717, 1.165) is 22.7 Å². The molecule has 0 saturated heterocycles. The predicted octanol–water partition coefficient (Wildman–Crippen LogP) is 5.05. The number of carbonyl (C=O) groups is 2. The number of thiazole rings is 1. The van der Waals surface area contributed by atoms with Crippen LogP contribution in [0.4, 0.5) is 11.4 Å². The molecule has 0 spiro atoms. The van der Waals surface area contributed by atoms with Crippen molar-refractivity contribution in [2.75, 3.05) is 30.5 Å². The highest BCUT2D eigenvalue weighted by Gasteiger charge is 2.33. The quantitative estimate of drug-likeness (QED) is 0.498. The molecule has 0 bridgehead atoms. The second-order valence-corrected chi connectivity index (χ2v) is 10.6. The standard InChI is InChI=1S/C27H31N3O4S/c1-17-26(32)30(15-24(31)28-20-9-7-19(8-10-20)27(2,3)4)22-14-18(6-11-23(22)34-17)21-16-35-25(29-21)12-13-33-5/h6-11,14,16-17H,12-13,15H2,1-5H3,(H,28,31). The van der Waals surface area contributed by atoms with Crippen LogP contribution in [-0.2, 0) is 26.2 Å². The number of nitrogens with one attached hydrogen (secondary N) is 1. The average molecular weight is 494 g/mol. The Morgan fingerprint density at radius 3 is 2.63 bits per heavy atom. The average Bonchev–Trinajstić information content (AvgIpc) is 3.29. The first-order chi connectivity index (χ1) is 16.7. The van der Waals surface area contributed by atoms with Gasteiger partial charge in [0.1, 0.15) is 12.3 Å². The third-order valence-electron chi connectivity index (χ3n) is 5.87. The number of amides is 2. The minimum Gasteiger partial charge on any atom is -0.479 e. The number of fused-ring (bicyclic) bond motifs is 1. The number of hydrogen-bond acceptors (Lipinski definition) is 6. The number of methoxy groups -OCH3 is 1. The normalized spacial score (nSPS) is 15.5. The summed E-state index contributed by atoms with van der Waals surface area (Å²) in [5.41, 5.74) is 4.15. The zero-order chi connectivity index (χ0) is 25.2. The van der Waals surface area contributed by atoms with Crippen molar-refractivity contribution in [3.05, 3.63) is 58.4 Å². The highest BCUT2D eigenvalue weighted by molar-refractivity contribution is 7.09. The van der Waals surface area contributed by atoms with Crippen LogP contribution in [0, 0.1) is 0 Å². The number of rotatable bonds is 7. The number of hydrogen-bond donors (Lipinski definition) is 1. The van der Waals surface area contributed by atoms with E-state index in [0.29, 0.717) is 23.7 Å². The Labute approximate surface area is 210 Å². The van der Waals surface area contributed by atoms with Crippen LogP contribution >= 0.6 is 11.3 Å². The number of ether oxygens (including phenoxy) is 2. The third kappa shape index (κ3) is 5.71. The van der Waals surface area contributed by atoms with Crippen LogP contribution in [-0.4, -0.2) is 43.2 Å². The molecule has 1 unspecified atom stereocenters. The van der Waals surface area contributed by atoms with Gasteiger partial charge in [0.25, 0.3) is 5.91 Å². The molecule has 184 valence electrons. The van der Waals surface area contributed by atoms with Crippen molar-refractivity contribution in [2.45, 2.75) is 45.6 Å². The van der Waals surface area contributed by atoms with Crippen LogP contribution in [0.1, 0.15) is 38.3 Å². The molecule has 2 aromatic carbocycles. The number of nitrogens with zero attached hydrogens (tertiary/aromatic N) is 2. The van der Waals surface area contributed by atoms with Gasteiger partial charge in [0.15, 0.2) is 6.10 Å². The van der Waals surface area contributed by atoms with Gasteiger partial charge in [-0.2, -0.15) is 0 Å². The van der Waals surface area contributed by atoms with Gasteiger partial charge >= 0.3 is 0 Å². The molecule has 2 heterocycles. The van der Waals surface area contributed by atoms with E-state index in [9.17, 15) is 9.59 Å². The molecule has 4 rings (SSSR count). The van der Waals surface area contributed by atoms with Crippen molar-refractivity contribution in [1.29, 1.82) is 0 Å². The van der Waals surface area contributed by atoms with Crippen LogP contribution in [0.3, 0.4) is 0 Å². The summed E-state index contributed by atoms with van der Waals surface area (Å²) < 4.78 is 11.0. The predicted molar refractivity (Wildman–Crippen MR) is 139 cm³/mol. The van der Waals surface area contributed by atoms with Crippen LogP contribution in [0.5, 0.6) is 5.75 Å². The first-order valence-electron chi connectivity index (χ1n) is 11.6. The molecule has 1 aliphatic heterocycles. The number of anilines is 2. The number of carbonyl (C=O) groups excluding carboxylic acids is 2. The van der Waals surface area contributed by atoms with E-state index in [-0.39, 0.29) is 23.8 Å². The van der Waals surface area contributed by atoms with Gasteiger partial charge < -0.3 is 14.8 Å². The fourth-order valence-corrected chi connectivity index (χ4v) is 4.66. The molecule has 3 aromatic rings. The van der Waals surface area contributed by atoms with Crippen LogP contribution in [0.25, 0.3) is 11.3 Å². The topological polar surface area (TPSA) is 80.8 Å². The van der Waals surface area contributed by atoms with Crippen molar-refractivity contribution in [2.24, 2.45) is 0 Å². The molecule has 0 saturated carbocycles. The van der Waals surface area contributed by atoms with Crippen molar-refractivity contribution >= 4 is 34.5 Å². The summed E-state index contributed by atoms with van der Waals surface area (Å²) in [6, 6.07) is 13.4. The van der Waals surface area contributed by atoms with Gasteiger partial charge in [-0.15, -0.1) is 11.3 Å². The monoisotopic (exact) mass is 493 g/mol. The van der Waals surface area contributed by atoms with Crippen molar-refractivity contribution in [3.8, 4) is 17.0 Å². The van der Waals surface area contributed by atoms with E-state index in [1.165, 1.54) is 10.5 Å². The molecule has 1 N–H and O–H groups in total. The van der Waals surface area contributed by atoms with Gasteiger partial charge in [-0.1, -0.05) is 32.9 Å². The number of aromatic nitrogens is 1. The summed E-state index contributed by atoms with van der Waals surface area (Å²) in [7, 11) is 1.67. The Hall–Kier alpha value is -3.23. The van der Waals surface area contributed by atoms with E-state index >= 15 is 0 Å². The Morgan fingerprint density at radius 2 is 1.94 bits per heavy atom. The molecular weight excluding hydrogens is 462 g/mol. The summed E-state index contributed by atoms with van der Waals surface area (Å²) in [6.45, 7) is 8.62. The largest absolute Gasteiger partial charge is 0.479 e. The first-order valence-corrected chi connectivity index (χ1v) is 12.5. The Kier molecular flexibility index (Phi) is 7.23. The van der Waals surface area contributed by atoms with E-state index in [2.05, 4.69) is 31.1 Å².